The first-order valence-corrected chi connectivity index (χ1v) is 32.4. The minimum Gasteiger partial charge on any atom is -0.456 e. The number of nitrogens with one attached hydrogen (secondary N) is 1. The van der Waals surface area contributed by atoms with Crippen LogP contribution in [-0.2, 0) is 27.9 Å². The summed E-state index contributed by atoms with van der Waals surface area (Å²) < 4.78 is 30.7. The summed E-state index contributed by atoms with van der Waals surface area (Å²) in [5.74, 6) is -0.534. The molecule has 0 radical (unpaired) electrons. The van der Waals surface area contributed by atoms with Crippen molar-refractivity contribution in [3.05, 3.63) is 85.1 Å². The summed E-state index contributed by atoms with van der Waals surface area (Å²) in [4.78, 5) is 37.7. The number of rotatable bonds is 55. The van der Waals surface area contributed by atoms with Crippen molar-refractivity contribution in [1.29, 1.82) is 0 Å². The monoisotopic (exact) mass is 1070 g/mol. The van der Waals surface area contributed by atoms with Gasteiger partial charge in [-0.05, 0) is 89.5 Å². The molecule has 10 heteroatoms. The predicted molar refractivity (Wildman–Crippen MR) is 323 cm³/mol. The SMILES string of the molecule is CC/C=C/C=C/C=C\CCCCCCCC(=O)OC(/C=C\CCCCCCCCCCCCC)C(COP(=O)(O)OCC[N+](C)(C)C)NC(=O)CCCCCCCCCCCC/C=C\C/C=C\C/C=C\CCCCC. The maximum absolute atomic E-state index is 13.5. The van der Waals surface area contributed by atoms with Crippen molar-refractivity contribution >= 4 is 19.7 Å². The molecule has 0 aromatic rings. The lowest BCUT2D eigenvalue weighted by Crippen LogP contribution is -2.47. The van der Waals surface area contributed by atoms with Crippen LogP contribution >= 0.6 is 7.82 Å². The first kappa shape index (κ1) is 72.2. The number of hydrogen-bond acceptors (Lipinski definition) is 6. The van der Waals surface area contributed by atoms with Crippen molar-refractivity contribution < 1.29 is 37.3 Å². The number of hydrogen-bond donors (Lipinski definition) is 2. The molecule has 0 heterocycles. The Balaban J connectivity index is 5.23. The van der Waals surface area contributed by atoms with E-state index >= 15 is 0 Å². The molecule has 75 heavy (non-hydrogen) atoms. The second kappa shape index (κ2) is 54.5. The van der Waals surface area contributed by atoms with Gasteiger partial charge in [0.05, 0.1) is 33.8 Å². The van der Waals surface area contributed by atoms with E-state index in [4.69, 9.17) is 13.8 Å². The van der Waals surface area contributed by atoms with Gasteiger partial charge in [0.2, 0.25) is 5.91 Å². The molecule has 0 saturated heterocycles. The Labute approximate surface area is 463 Å². The molecular formula is C65H118N2O7P+. The summed E-state index contributed by atoms with van der Waals surface area (Å²) in [6, 6.07) is -0.862. The average molecular weight is 1070 g/mol. The number of allylic oxidation sites excluding steroid dienone is 13. The summed E-state index contributed by atoms with van der Waals surface area (Å²) in [6.07, 6.45) is 71.5. The standard InChI is InChI=1S/C65H117N2O7P/c1-7-10-13-16-19-22-25-28-29-30-31-32-33-34-35-36-37-40-42-45-48-51-54-57-64(68)66-62(61-73-75(70,71)72-60-59-67(4,5)6)63(56-53-50-47-44-41-38-26-23-20-17-14-11-8-2)74-65(69)58-55-52-49-46-43-39-27-24-21-18-15-12-9-3/h12,15,18-19,21-22,24,27-29,31-32,53,56,62-63H,7-11,13-14,16-17,20,23,25-26,30,33-52,54-55,57-61H2,1-6H3,(H-,66,68,70,71)/p+1/b15-12+,21-18+,22-19-,27-24-,29-28-,32-31-,56-53-. The van der Waals surface area contributed by atoms with E-state index in [1.807, 2.05) is 33.3 Å². The minimum absolute atomic E-state index is 0.0326. The zero-order chi connectivity index (χ0) is 55.0. The number of esters is 1. The summed E-state index contributed by atoms with van der Waals surface area (Å²) in [5, 5.41) is 3.05. The van der Waals surface area contributed by atoms with Gasteiger partial charge in [-0.3, -0.25) is 18.6 Å². The highest BCUT2D eigenvalue weighted by atomic mass is 31.2. The van der Waals surface area contributed by atoms with E-state index in [-0.39, 0.29) is 31.5 Å². The normalized spacial score (nSPS) is 14.3. The second-order valence-corrected chi connectivity index (χ2v) is 23.4. The summed E-state index contributed by atoms with van der Waals surface area (Å²) in [7, 11) is 1.47. The molecule has 0 aliphatic rings. The number of unbranched alkanes of at least 4 members (excludes halogenated alkanes) is 29. The number of quaternary nitrogens is 1. The van der Waals surface area contributed by atoms with Gasteiger partial charge >= 0.3 is 13.8 Å². The maximum Gasteiger partial charge on any atom is 0.472 e. The maximum atomic E-state index is 13.5. The lowest BCUT2D eigenvalue weighted by Gasteiger charge is -2.27. The third kappa shape index (κ3) is 55.7. The molecule has 0 aliphatic carbocycles. The van der Waals surface area contributed by atoms with Crippen molar-refractivity contribution in [2.24, 2.45) is 0 Å². The van der Waals surface area contributed by atoms with Crippen molar-refractivity contribution in [2.75, 3.05) is 40.9 Å². The van der Waals surface area contributed by atoms with Crippen LogP contribution in [0.4, 0.5) is 0 Å². The van der Waals surface area contributed by atoms with E-state index < -0.39 is 20.0 Å². The Morgan fingerprint density at radius 3 is 1.41 bits per heavy atom. The van der Waals surface area contributed by atoms with Gasteiger partial charge in [-0.25, -0.2) is 4.57 Å². The number of likely N-dealkylation sites (N-methyl/N-ethyl adjacent to an activating group) is 1. The molecule has 0 fully saturated rings. The Kier molecular flexibility index (Phi) is 52.5. The van der Waals surface area contributed by atoms with Crippen molar-refractivity contribution in [3.63, 3.8) is 0 Å². The first-order valence-electron chi connectivity index (χ1n) is 30.9. The molecule has 0 rings (SSSR count). The molecule has 9 nitrogen and oxygen atoms in total. The number of carbonyl (C=O) groups is 2. The van der Waals surface area contributed by atoms with Crippen LogP contribution in [0.3, 0.4) is 0 Å². The van der Waals surface area contributed by atoms with Crippen LogP contribution in [0.15, 0.2) is 85.1 Å². The van der Waals surface area contributed by atoms with Crippen molar-refractivity contribution in [1.82, 2.24) is 5.32 Å². The van der Waals surface area contributed by atoms with Crippen molar-refractivity contribution in [2.45, 2.75) is 277 Å². The Hall–Kier alpha value is -2.81. The molecule has 0 aliphatic heterocycles. The van der Waals surface area contributed by atoms with E-state index in [0.717, 1.165) is 103 Å². The third-order valence-corrected chi connectivity index (χ3v) is 14.4. The van der Waals surface area contributed by atoms with E-state index in [9.17, 15) is 19.0 Å². The number of carbonyl (C=O) groups excluding carboxylic acids is 2. The smallest absolute Gasteiger partial charge is 0.456 e. The number of nitrogens with zero attached hydrogens (tertiary/aromatic N) is 1. The number of phosphoric acid groups is 1. The van der Waals surface area contributed by atoms with E-state index in [1.54, 1.807) is 0 Å². The summed E-state index contributed by atoms with van der Waals surface area (Å²) in [5.41, 5.74) is 0. The first-order chi connectivity index (χ1) is 36.4. The summed E-state index contributed by atoms with van der Waals surface area (Å²) in [6.45, 7) is 6.84. The van der Waals surface area contributed by atoms with Crippen LogP contribution in [0.25, 0.3) is 0 Å². The largest absolute Gasteiger partial charge is 0.472 e. The second-order valence-electron chi connectivity index (χ2n) is 21.9. The lowest BCUT2D eigenvalue weighted by molar-refractivity contribution is -0.870. The van der Waals surface area contributed by atoms with Gasteiger partial charge in [0, 0.05) is 12.8 Å². The fourth-order valence-corrected chi connectivity index (χ4v) is 9.33. The van der Waals surface area contributed by atoms with Crippen LogP contribution in [0.1, 0.15) is 265 Å². The van der Waals surface area contributed by atoms with Gasteiger partial charge in [-0.2, -0.15) is 0 Å². The fraction of sp³-hybridized carbons (Fsp3) is 0.754. The number of phosphoric ester groups is 1. The van der Waals surface area contributed by atoms with Gasteiger partial charge < -0.3 is 19.4 Å². The highest BCUT2D eigenvalue weighted by molar-refractivity contribution is 7.47. The molecule has 0 bridgehead atoms. The van der Waals surface area contributed by atoms with Gasteiger partial charge in [0.15, 0.2) is 0 Å². The molecule has 2 N–H and O–H groups in total. The Bertz CT molecular complexity index is 1560. The third-order valence-electron chi connectivity index (χ3n) is 13.4. The molecule has 1 amide bonds. The van der Waals surface area contributed by atoms with Gasteiger partial charge in [-0.1, -0.05) is 247 Å². The Morgan fingerprint density at radius 1 is 0.493 bits per heavy atom. The zero-order valence-corrected chi connectivity index (χ0v) is 50.4. The van der Waals surface area contributed by atoms with Crippen LogP contribution < -0.4 is 5.32 Å². The lowest BCUT2D eigenvalue weighted by atomic mass is 10.0. The molecule has 0 spiro atoms. The number of amides is 1. The van der Waals surface area contributed by atoms with E-state index in [2.05, 4.69) is 99.0 Å². The predicted octanol–water partition coefficient (Wildman–Crippen LogP) is 19.0. The molecule has 3 unspecified atom stereocenters. The topological polar surface area (TPSA) is 111 Å². The molecule has 0 aromatic heterocycles. The molecule has 434 valence electrons. The van der Waals surface area contributed by atoms with Crippen LogP contribution in [0, 0.1) is 0 Å². The zero-order valence-electron chi connectivity index (χ0n) is 49.5. The van der Waals surface area contributed by atoms with E-state index in [0.29, 0.717) is 23.9 Å². The van der Waals surface area contributed by atoms with Gasteiger partial charge in [0.25, 0.3) is 0 Å². The molecule has 3 atom stereocenters. The molecule has 0 saturated carbocycles. The van der Waals surface area contributed by atoms with Crippen LogP contribution in [0.5, 0.6) is 0 Å². The van der Waals surface area contributed by atoms with Crippen LogP contribution in [-0.4, -0.2) is 74.3 Å². The van der Waals surface area contributed by atoms with Crippen molar-refractivity contribution in [3.8, 4) is 0 Å². The van der Waals surface area contributed by atoms with E-state index in [1.165, 1.54) is 122 Å². The summed E-state index contributed by atoms with van der Waals surface area (Å²) >= 11 is 0. The van der Waals surface area contributed by atoms with Gasteiger partial charge in [-0.15, -0.1) is 0 Å². The highest BCUT2D eigenvalue weighted by Gasteiger charge is 2.30. The van der Waals surface area contributed by atoms with Crippen LogP contribution in [0.2, 0.25) is 0 Å². The number of ether oxygens (including phenoxy) is 1. The fourth-order valence-electron chi connectivity index (χ4n) is 8.59. The molecular weight excluding hydrogens is 952 g/mol. The Morgan fingerprint density at radius 2 is 0.907 bits per heavy atom. The molecule has 0 aromatic carbocycles. The highest BCUT2D eigenvalue weighted by Crippen LogP contribution is 2.43. The van der Waals surface area contributed by atoms with Gasteiger partial charge in [0.1, 0.15) is 19.3 Å². The minimum atomic E-state index is -4.46. The quantitative estimate of drug-likeness (QED) is 0.0156. The average Bonchev–Trinajstić information content (AvgIpc) is 3.37.